The van der Waals surface area contributed by atoms with E-state index in [9.17, 15) is 4.79 Å². The number of ether oxygens (including phenoxy) is 1. The zero-order valence-corrected chi connectivity index (χ0v) is 9.95. The van der Waals surface area contributed by atoms with Gasteiger partial charge >= 0.3 is 6.09 Å². The zero-order chi connectivity index (χ0) is 12.8. The fourth-order valence-electron chi connectivity index (χ4n) is 1.86. The lowest BCUT2D eigenvalue weighted by molar-refractivity contribution is 0.106. The lowest BCUT2D eigenvalue weighted by atomic mass is 10.0. The van der Waals surface area contributed by atoms with Gasteiger partial charge in [0, 0.05) is 6.42 Å². The molecule has 0 spiro atoms. The summed E-state index contributed by atoms with van der Waals surface area (Å²) in [5, 5.41) is 0. The summed E-state index contributed by atoms with van der Waals surface area (Å²) in [7, 11) is 0. The molecule has 0 bridgehead atoms. The molecule has 2 aromatic rings. The molecule has 1 atom stereocenters. The van der Waals surface area contributed by atoms with Crippen LogP contribution in [0.1, 0.15) is 17.2 Å². The van der Waals surface area contributed by atoms with Crippen LogP contribution in [-0.2, 0) is 11.2 Å². The molecule has 18 heavy (non-hydrogen) atoms. The van der Waals surface area contributed by atoms with Gasteiger partial charge in [0.15, 0.2) is 0 Å². The Morgan fingerprint density at radius 1 is 1.00 bits per heavy atom. The van der Waals surface area contributed by atoms with Gasteiger partial charge in [-0.05, 0) is 11.1 Å². The van der Waals surface area contributed by atoms with E-state index in [4.69, 9.17) is 10.5 Å². The van der Waals surface area contributed by atoms with Crippen molar-refractivity contribution in [2.45, 2.75) is 12.5 Å². The summed E-state index contributed by atoms with van der Waals surface area (Å²) in [6.07, 6.45) is -0.473. The molecule has 0 heterocycles. The van der Waals surface area contributed by atoms with E-state index in [1.807, 2.05) is 60.7 Å². The van der Waals surface area contributed by atoms with Gasteiger partial charge in [-0.3, -0.25) is 0 Å². The Balaban J connectivity index is 2.18. The van der Waals surface area contributed by atoms with Gasteiger partial charge in [0.2, 0.25) is 0 Å². The number of carbonyl (C=O) groups is 1. The van der Waals surface area contributed by atoms with E-state index in [1.165, 1.54) is 0 Å². The van der Waals surface area contributed by atoms with E-state index in [0.29, 0.717) is 6.42 Å². The third kappa shape index (κ3) is 3.35. The minimum Gasteiger partial charge on any atom is -0.441 e. The molecule has 3 nitrogen and oxygen atoms in total. The summed E-state index contributed by atoms with van der Waals surface area (Å²) in [4.78, 5) is 11.0. The molecule has 2 aromatic carbocycles. The third-order valence-electron chi connectivity index (χ3n) is 2.69. The Kier molecular flexibility index (Phi) is 3.97. The maximum Gasteiger partial charge on any atom is 0.405 e. The fourth-order valence-corrected chi connectivity index (χ4v) is 1.86. The predicted molar refractivity (Wildman–Crippen MR) is 70.0 cm³/mol. The number of rotatable bonds is 4. The number of nitrogens with two attached hydrogens (primary N) is 1. The second-order valence-electron chi connectivity index (χ2n) is 4.03. The highest BCUT2D eigenvalue weighted by molar-refractivity contribution is 5.65. The summed E-state index contributed by atoms with van der Waals surface area (Å²) in [6.45, 7) is 0. The maximum atomic E-state index is 11.0. The molecule has 0 radical (unpaired) electrons. The molecule has 92 valence electrons. The Bertz CT molecular complexity index is 496. The summed E-state index contributed by atoms with van der Waals surface area (Å²) >= 11 is 0. The predicted octanol–water partition coefficient (Wildman–Crippen LogP) is 3.07. The van der Waals surface area contributed by atoms with Crippen LogP contribution >= 0.6 is 0 Å². The number of hydrogen-bond donors (Lipinski definition) is 1. The maximum absolute atomic E-state index is 11.0. The normalized spacial score (nSPS) is 11.8. The molecule has 2 N–H and O–H groups in total. The topological polar surface area (TPSA) is 52.3 Å². The van der Waals surface area contributed by atoms with Crippen molar-refractivity contribution in [1.82, 2.24) is 0 Å². The molecular weight excluding hydrogens is 226 g/mol. The van der Waals surface area contributed by atoms with Crippen LogP contribution in [0, 0.1) is 0 Å². The zero-order valence-electron chi connectivity index (χ0n) is 9.95. The number of hydrogen-bond acceptors (Lipinski definition) is 2. The molecule has 0 aliphatic rings. The molecule has 0 fully saturated rings. The van der Waals surface area contributed by atoms with Crippen molar-refractivity contribution >= 4 is 6.09 Å². The Morgan fingerprint density at radius 3 is 2.11 bits per heavy atom. The number of carbonyl (C=O) groups excluding carboxylic acids is 1. The first-order valence-electron chi connectivity index (χ1n) is 5.80. The lowest BCUT2D eigenvalue weighted by Gasteiger charge is -2.17. The van der Waals surface area contributed by atoms with Crippen LogP contribution < -0.4 is 5.73 Å². The quantitative estimate of drug-likeness (QED) is 0.894. The first kappa shape index (κ1) is 12.2. The van der Waals surface area contributed by atoms with Crippen molar-refractivity contribution in [2.75, 3.05) is 0 Å². The summed E-state index contributed by atoms with van der Waals surface area (Å²) < 4.78 is 5.18. The number of primary amides is 1. The average Bonchev–Trinajstić information content (AvgIpc) is 2.40. The van der Waals surface area contributed by atoms with Crippen LogP contribution in [0.5, 0.6) is 0 Å². The molecule has 0 saturated heterocycles. The van der Waals surface area contributed by atoms with Gasteiger partial charge in [-0.25, -0.2) is 4.79 Å². The van der Waals surface area contributed by atoms with Gasteiger partial charge < -0.3 is 10.5 Å². The minimum atomic E-state index is -0.750. The molecular formula is C15H15NO2. The Labute approximate surface area is 106 Å². The van der Waals surface area contributed by atoms with Gasteiger partial charge in [0.25, 0.3) is 0 Å². The SMILES string of the molecule is NC(=O)OC(Cc1ccccc1)c1ccccc1. The second kappa shape index (κ2) is 5.87. The first-order chi connectivity index (χ1) is 8.75. The molecule has 0 aliphatic carbocycles. The third-order valence-corrected chi connectivity index (χ3v) is 2.69. The highest BCUT2D eigenvalue weighted by Gasteiger charge is 2.15. The van der Waals surface area contributed by atoms with Gasteiger partial charge in [-0.1, -0.05) is 60.7 Å². The van der Waals surface area contributed by atoms with E-state index < -0.39 is 6.09 Å². The molecule has 0 saturated carbocycles. The van der Waals surface area contributed by atoms with E-state index >= 15 is 0 Å². The van der Waals surface area contributed by atoms with E-state index in [-0.39, 0.29) is 6.10 Å². The Hall–Kier alpha value is -2.29. The Morgan fingerprint density at radius 2 is 1.56 bits per heavy atom. The lowest BCUT2D eigenvalue weighted by Crippen LogP contribution is -2.18. The van der Waals surface area contributed by atoms with Crippen molar-refractivity contribution < 1.29 is 9.53 Å². The highest BCUT2D eigenvalue weighted by atomic mass is 16.6. The molecule has 0 aromatic heterocycles. The van der Waals surface area contributed by atoms with Crippen LogP contribution in [0.3, 0.4) is 0 Å². The second-order valence-corrected chi connectivity index (χ2v) is 4.03. The van der Waals surface area contributed by atoms with Gasteiger partial charge in [0.1, 0.15) is 6.10 Å². The van der Waals surface area contributed by atoms with Crippen molar-refractivity contribution in [3.8, 4) is 0 Å². The molecule has 0 aliphatic heterocycles. The summed E-state index contributed by atoms with van der Waals surface area (Å²) in [5.74, 6) is 0. The average molecular weight is 241 g/mol. The fraction of sp³-hybridized carbons (Fsp3) is 0.133. The standard InChI is InChI=1S/C15H15NO2/c16-15(17)18-14(13-9-5-2-6-10-13)11-12-7-3-1-4-8-12/h1-10,14H,11H2,(H2,16,17). The van der Waals surface area contributed by atoms with Gasteiger partial charge in [-0.2, -0.15) is 0 Å². The van der Waals surface area contributed by atoms with Gasteiger partial charge in [0.05, 0.1) is 0 Å². The monoisotopic (exact) mass is 241 g/mol. The van der Waals surface area contributed by atoms with E-state index in [0.717, 1.165) is 11.1 Å². The van der Waals surface area contributed by atoms with E-state index in [2.05, 4.69) is 0 Å². The molecule has 1 amide bonds. The number of amides is 1. The summed E-state index contributed by atoms with van der Waals surface area (Å²) in [5.41, 5.74) is 7.17. The highest BCUT2D eigenvalue weighted by Crippen LogP contribution is 2.22. The number of benzene rings is 2. The molecule has 2 rings (SSSR count). The largest absolute Gasteiger partial charge is 0.441 e. The summed E-state index contributed by atoms with van der Waals surface area (Å²) in [6, 6.07) is 19.5. The van der Waals surface area contributed by atoms with Crippen LogP contribution in [0.15, 0.2) is 60.7 Å². The van der Waals surface area contributed by atoms with Crippen LogP contribution in [0.4, 0.5) is 4.79 Å². The van der Waals surface area contributed by atoms with Crippen molar-refractivity contribution in [3.05, 3.63) is 71.8 Å². The first-order valence-corrected chi connectivity index (χ1v) is 5.80. The van der Waals surface area contributed by atoms with Crippen LogP contribution in [0.2, 0.25) is 0 Å². The van der Waals surface area contributed by atoms with Crippen molar-refractivity contribution in [1.29, 1.82) is 0 Å². The van der Waals surface area contributed by atoms with Crippen molar-refractivity contribution in [3.63, 3.8) is 0 Å². The van der Waals surface area contributed by atoms with Crippen LogP contribution in [-0.4, -0.2) is 6.09 Å². The van der Waals surface area contributed by atoms with Crippen LogP contribution in [0.25, 0.3) is 0 Å². The smallest absolute Gasteiger partial charge is 0.405 e. The van der Waals surface area contributed by atoms with Gasteiger partial charge in [-0.15, -0.1) is 0 Å². The molecule has 1 unspecified atom stereocenters. The molecule has 3 heteroatoms. The van der Waals surface area contributed by atoms with Crippen molar-refractivity contribution in [2.24, 2.45) is 5.73 Å². The van der Waals surface area contributed by atoms with E-state index in [1.54, 1.807) is 0 Å². The minimum absolute atomic E-state index is 0.342.